The van der Waals surface area contributed by atoms with Gasteiger partial charge >= 0.3 is 0 Å². The van der Waals surface area contributed by atoms with E-state index in [0.29, 0.717) is 0 Å². The molecule has 0 heterocycles. The first-order chi connectivity index (χ1) is 9.46. The molecule has 0 saturated carbocycles. The lowest BCUT2D eigenvalue weighted by Gasteiger charge is -2.28. The second-order valence-electron chi connectivity index (χ2n) is 7.13. The lowest BCUT2D eigenvalue weighted by Crippen LogP contribution is -2.29. The minimum atomic E-state index is 0.110. The fraction of sp³-hybridized carbons (Fsp3) is 0.588. The Kier molecular flexibility index (Phi) is 5.26. The van der Waals surface area contributed by atoms with E-state index in [2.05, 4.69) is 70.9 Å². The van der Waals surface area contributed by atoms with Crippen LogP contribution in [-0.4, -0.2) is 62.0 Å². The van der Waals surface area contributed by atoms with Gasteiger partial charge in [0.15, 0.2) is 0 Å². The average molecular weight is 308 g/mol. The van der Waals surface area contributed by atoms with E-state index in [4.69, 9.17) is 12.2 Å². The van der Waals surface area contributed by atoms with Crippen molar-refractivity contribution in [2.45, 2.75) is 20.8 Å². The highest BCUT2D eigenvalue weighted by atomic mass is 32.1. The van der Waals surface area contributed by atoms with E-state index >= 15 is 0 Å². The van der Waals surface area contributed by atoms with Crippen molar-refractivity contribution in [3.63, 3.8) is 0 Å². The van der Waals surface area contributed by atoms with E-state index in [0.717, 1.165) is 10.6 Å². The van der Waals surface area contributed by atoms with Gasteiger partial charge < -0.3 is 14.7 Å². The van der Waals surface area contributed by atoms with Gasteiger partial charge in [-0.1, -0.05) is 33.0 Å². The summed E-state index contributed by atoms with van der Waals surface area (Å²) in [5, 5.41) is 0. The van der Waals surface area contributed by atoms with Crippen LogP contribution in [0.2, 0.25) is 0 Å². The van der Waals surface area contributed by atoms with Crippen LogP contribution in [0.5, 0.6) is 0 Å². The highest BCUT2D eigenvalue weighted by molar-refractivity contribution is 7.80. The van der Waals surface area contributed by atoms with Gasteiger partial charge in [0, 0.05) is 53.4 Å². The second kappa shape index (κ2) is 6.22. The molecule has 0 atom stereocenters. The van der Waals surface area contributed by atoms with Gasteiger partial charge in [0.1, 0.15) is 10.8 Å². The summed E-state index contributed by atoms with van der Waals surface area (Å²) in [5.74, 6) is 1.17. The maximum absolute atomic E-state index is 5.64. The number of hydrogen-bond donors (Lipinski definition) is 0. The Morgan fingerprint density at radius 1 is 0.857 bits per heavy atom. The van der Waals surface area contributed by atoms with Gasteiger partial charge in [0.2, 0.25) is 0 Å². The number of allylic oxidation sites excluding steroid dienone is 3. The highest BCUT2D eigenvalue weighted by Crippen LogP contribution is 2.37. The third kappa shape index (κ3) is 3.88. The number of likely N-dealkylation sites (N-methyl/N-ethyl adjacent to an activating group) is 1. The van der Waals surface area contributed by atoms with E-state index in [-0.39, 0.29) is 5.41 Å². The quantitative estimate of drug-likeness (QED) is 0.741. The Morgan fingerprint density at radius 3 is 1.67 bits per heavy atom. The van der Waals surface area contributed by atoms with E-state index < -0.39 is 0 Å². The van der Waals surface area contributed by atoms with E-state index in [1.54, 1.807) is 0 Å². The van der Waals surface area contributed by atoms with Gasteiger partial charge in [-0.25, -0.2) is 0 Å². The molecule has 0 saturated heterocycles. The molecule has 0 spiro atoms. The molecule has 0 aliphatic heterocycles. The molecule has 1 aliphatic carbocycles. The first kappa shape index (κ1) is 17.8. The van der Waals surface area contributed by atoms with Crippen molar-refractivity contribution in [3.05, 3.63) is 34.7 Å². The van der Waals surface area contributed by atoms with E-state index in [1.165, 1.54) is 17.0 Å². The van der Waals surface area contributed by atoms with Crippen LogP contribution in [0.4, 0.5) is 0 Å². The van der Waals surface area contributed by atoms with Crippen molar-refractivity contribution in [3.8, 4) is 0 Å². The first-order valence-corrected chi connectivity index (χ1v) is 7.62. The average Bonchev–Trinajstić information content (AvgIpc) is 2.71. The molecular weight excluding hydrogens is 278 g/mol. The van der Waals surface area contributed by atoms with Crippen molar-refractivity contribution in [2.75, 3.05) is 42.3 Å². The van der Waals surface area contributed by atoms with Crippen LogP contribution in [0.15, 0.2) is 34.7 Å². The minimum Gasteiger partial charge on any atom is -0.368 e. The van der Waals surface area contributed by atoms with E-state index in [1.807, 2.05) is 19.0 Å². The van der Waals surface area contributed by atoms with Gasteiger partial charge in [0.05, 0.1) is 0 Å². The molecule has 0 unspecified atom stereocenters. The molecule has 0 bridgehead atoms. The summed E-state index contributed by atoms with van der Waals surface area (Å²) in [6.45, 7) is 6.71. The van der Waals surface area contributed by atoms with Crippen LogP contribution < -0.4 is 0 Å². The number of hydrogen-bond acceptors (Lipinski definition) is 3. The molecule has 0 aromatic carbocycles. The zero-order valence-corrected chi connectivity index (χ0v) is 15.7. The topological polar surface area (TPSA) is 9.72 Å². The summed E-state index contributed by atoms with van der Waals surface area (Å²) in [4.78, 5) is 7.16. The van der Waals surface area contributed by atoms with Crippen molar-refractivity contribution >= 4 is 17.2 Å². The third-order valence-electron chi connectivity index (χ3n) is 3.48. The van der Waals surface area contributed by atoms with Crippen LogP contribution in [0.25, 0.3) is 0 Å². The molecule has 3 nitrogen and oxygen atoms in total. The number of rotatable bonds is 3. The summed E-state index contributed by atoms with van der Waals surface area (Å²) in [5.41, 5.74) is 3.77. The molecule has 0 fully saturated rings. The van der Waals surface area contributed by atoms with E-state index in [9.17, 15) is 0 Å². The van der Waals surface area contributed by atoms with Crippen molar-refractivity contribution < 1.29 is 0 Å². The van der Waals surface area contributed by atoms with Gasteiger partial charge in [-0.3, -0.25) is 0 Å². The fourth-order valence-electron chi connectivity index (χ4n) is 2.43. The standard InChI is InChI=1S/C17H29N3S/c1-17(2,3)12-10-13(15(18(4)5)19(6)7)14(11-12)16(21)20(8)9/h10-11H,1-9H3. The van der Waals surface area contributed by atoms with Crippen LogP contribution in [0.1, 0.15) is 20.8 Å². The molecule has 1 aliphatic rings. The molecule has 0 amide bonds. The maximum atomic E-state index is 5.64. The first-order valence-electron chi connectivity index (χ1n) is 7.21. The van der Waals surface area contributed by atoms with Crippen LogP contribution in [0.3, 0.4) is 0 Å². The van der Waals surface area contributed by atoms with Crippen LogP contribution in [0, 0.1) is 5.41 Å². The zero-order valence-electron chi connectivity index (χ0n) is 14.9. The smallest absolute Gasteiger partial charge is 0.111 e. The number of thiocarbonyl (C=S) groups is 1. The minimum absolute atomic E-state index is 0.110. The van der Waals surface area contributed by atoms with Crippen LogP contribution >= 0.6 is 12.2 Å². The molecule has 21 heavy (non-hydrogen) atoms. The SMILES string of the molecule is CN(C)C(=S)C1=CC(C(C)(C)C)=CC1=C(N(C)C)N(C)C. The number of nitrogens with zero attached hydrogens (tertiary/aromatic N) is 3. The Balaban J connectivity index is 3.53. The molecule has 0 N–H and O–H groups in total. The monoisotopic (exact) mass is 307 g/mol. The fourth-order valence-corrected chi connectivity index (χ4v) is 2.59. The third-order valence-corrected chi connectivity index (χ3v) is 4.07. The Labute approximate surface area is 135 Å². The normalized spacial score (nSPS) is 14.6. The molecular formula is C17H29N3S. The Bertz CT molecular complexity index is 505. The zero-order chi connectivity index (χ0) is 16.5. The molecule has 0 aromatic rings. The summed E-state index contributed by atoms with van der Waals surface area (Å²) >= 11 is 5.64. The van der Waals surface area contributed by atoms with Crippen molar-refractivity contribution in [1.29, 1.82) is 0 Å². The van der Waals surface area contributed by atoms with Crippen LogP contribution in [-0.2, 0) is 0 Å². The lowest BCUT2D eigenvalue weighted by molar-refractivity contribution is 0.339. The summed E-state index contributed by atoms with van der Waals surface area (Å²) < 4.78 is 0. The van der Waals surface area contributed by atoms with Gasteiger partial charge in [-0.15, -0.1) is 0 Å². The van der Waals surface area contributed by atoms with Gasteiger partial charge in [-0.2, -0.15) is 0 Å². The molecule has 0 radical (unpaired) electrons. The predicted molar refractivity (Wildman–Crippen MR) is 96.3 cm³/mol. The second-order valence-corrected chi connectivity index (χ2v) is 7.52. The summed E-state index contributed by atoms with van der Waals surface area (Å²) in [6, 6.07) is 0. The van der Waals surface area contributed by atoms with Crippen molar-refractivity contribution in [1.82, 2.24) is 14.7 Å². The van der Waals surface area contributed by atoms with Crippen molar-refractivity contribution in [2.24, 2.45) is 5.41 Å². The largest absolute Gasteiger partial charge is 0.368 e. The Morgan fingerprint density at radius 2 is 1.33 bits per heavy atom. The molecule has 118 valence electrons. The molecule has 0 aromatic heterocycles. The summed E-state index contributed by atoms with van der Waals surface area (Å²) in [6.07, 6.45) is 4.52. The van der Waals surface area contributed by atoms with Gasteiger partial charge in [0.25, 0.3) is 0 Å². The summed E-state index contributed by atoms with van der Waals surface area (Å²) in [7, 11) is 12.3. The molecule has 1 rings (SSSR count). The lowest BCUT2D eigenvalue weighted by atomic mass is 9.87. The Hall–Kier alpha value is -1.29. The highest BCUT2D eigenvalue weighted by Gasteiger charge is 2.27. The molecule has 4 heteroatoms. The predicted octanol–water partition coefficient (Wildman–Crippen LogP) is 3.12. The van der Waals surface area contributed by atoms with Gasteiger partial charge in [-0.05, 0) is 23.1 Å². The maximum Gasteiger partial charge on any atom is 0.111 e.